The molecule has 0 bridgehead atoms. The van der Waals surface area contributed by atoms with Crippen LogP contribution in [0.4, 0.5) is 5.95 Å². The monoisotopic (exact) mass is 222 g/mol. The van der Waals surface area contributed by atoms with Gasteiger partial charge in [-0.2, -0.15) is 0 Å². The minimum Gasteiger partial charge on any atom is -0.368 e. The number of thioether (sulfide) groups is 1. The molecule has 6 nitrogen and oxygen atoms in total. The fraction of sp³-hybridized carbons (Fsp3) is 0.250. The molecule has 0 unspecified atom stereocenters. The van der Waals surface area contributed by atoms with Crippen LogP contribution < -0.4 is 5.73 Å². The van der Waals surface area contributed by atoms with Crippen molar-refractivity contribution in [2.75, 3.05) is 5.73 Å². The van der Waals surface area contributed by atoms with Gasteiger partial charge in [0.25, 0.3) is 0 Å². The first-order chi connectivity index (χ1) is 7.27. The summed E-state index contributed by atoms with van der Waals surface area (Å²) in [6.07, 6.45) is 3.43. The second-order valence-electron chi connectivity index (χ2n) is 2.85. The molecule has 0 fully saturated rings. The Morgan fingerprint density at radius 3 is 2.67 bits per heavy atom. The van der Waals surface area contributed by atoms with Crippen LogP contribution in [-0.2, 0) is 12.8 Å². The number of aromatic nitrogens is 5. The SMILES string of the molecule is Cn1c(N)nnc1SCc1ncccn1. The van der Waals surface area contributed by atoms with E-state index >= 15 is 0 Å². The van der Waals surface area contributed by atoms with E-state index in [0.717, 1.165) is 11.0 Å². The molecule has 0 aliphatic heterocycles. The molecule has 2 rings (SSSR count). The molecule has 0 saturated heterocycles. The van der Waals surface area contributed by atoms with Gasteiger partial charge in [0, 0.05) is 19.4 Å². The third-order valence-electron chi connectivity index (χ3n) is 1.82. The summed E-state index contributed by atoms with van der Waals surface area (Å²) in [5.41, 5.74) is 5.55. The summed E-state index contributed by atoms with van der Waals surface area (Å²) in [5.74, 6) is 1.84. The van der Waals surface area contributed by atoms with Gasteiger partial charge in [0.2, 0.25) is 5.95 Å². The van der Waals surface area contributed by atoms with Crippen LogP contribution in [0.2, 0.25) is 0 Å². The Kier molecular flexibility index (Phi) is 2.82. The molecule has 0 saturated carbocycles. The molecule has 0 aliphatic rings. The van der Waals surface area contributed by atoms with Crippen molar-refractivity contribution in [3.05, 3.63) is 24.3 Å². The van der Waals surface area contributed by atoms with Crippen molar-refractivity contribution in [2.24, 2.45) is 7.05 Å². The van der Waals surface area contributed by atoms with Gasteiger partial charge in [-0.3, -0.25) is 4.57 Å². The number of anilines is 1. The molecule has 0 aromatic carbocycles. The summed E-state index contributed by atoms with van der Waals surface area (Å²) < 4.78 is 1.73. The van der Waals surface area contributed by atoms with Gasteiger partial charge in [-0.05, 0) is 6.07 Å². The molecule has 2 aromatic rings. The molecule has 0 spiro atoms. The van der Waals surface area contributed by atoms with Crippen molar-refractivity contribution >= 4 is 17.7 Å². The largest absolute Gasteiger partial charge is 0.368 e. The zero-order valence-electron chi connectivity index (χ0n) is 8.16. The van der Waals surface area contributed by atoms with Crippen LogP contribution in [0.5, 0.6) is 0 Å². The summed E-state index contributed by atoms with van der Waals surface area (Å²) in [6, 6.07) is 1.79. The fourth-order valence-electron chi connectivity index (χ4n) is 0.985. The maximum atomic E-state index is 5.55. The standard InChI is InChI=1S/C8H10N6S/c1-14-7(9)12-13-8(14)15-5-6-10-3-2-4-11-6/h2-4H,5H2,1H3,(H2,9,12). The Morgan fingerprint density at radius 2 is 2.07 bits per heavy atom. The van der Waals surface area contributed by atoms with E-state index < -0.39 is 0 Å². The lowest BCUT2D eigenvalue weighted by Gasteiger charge is -1.99. The van der Waals surface area contributed by atoms with Crippen LogP contribution in [0.15, 0.2) is 23.6 Å². The van der Waals surface area contributed by atoms with Gasteiger partial charge in [-0.15, -0.1) is 10.2 Å². The quantitative estimate of drug-likeness (QED) is 0.760. The van der Waals surface area contributed by atoms with E-state index in [2.05, 4.69) is 20.2 Å². The van der Waals surface area contributed by atoms with Gasteiger partial charge in [0.1, 0.15) is 5.82 Å². The highest BCUT2D eigenvalue weighted by Crippen LogP contribution is 2.19. The van der Waals surface area contributed by atoms with Crippen molar-refractivity contribution in [1.29, 1.82) is 0 Å². The summed E-state index contributed by atoms with van der Waals surface area (Å²) in [4.78, 5) is 8.22. The third kappa shape index (κ3) is 2.24. The summed E-state index contributed by atoms with van der Waals surface area (Å²) in [5, 5.41) is 8.45. The summed E-state index contributed by atoms with van der Waals surface area (Å²) in [7, 11) is 1.82. The molecule has 7 heteroatoms. The zero-order chi connectivity index (χ0) is 10.7. The Hall–Kier alpha value is -1.63. The first-order valence-corrected chi connectivity index (χ1v) is 5.29. The molecule has 0 amide bonds. The van der Waals surface area contributed by atoms with E-state index in [4.69, 9.17) is 5.73 Å². The lowest BCUT2D eigenvalue weighted by Crippen LogP contribution is -1.98. The molecular weight excluding hydrogens is 212 g/mol. The third-order valence-corrected chi connectivity index (χ3v) is 2.83. The first-order valence-electron chi connectivity index (χ1n) is 4.31. The average molecular weight is 222 g/mol. The van der Waals surface area contributed by atoms with Gasteiger partial charge in [-0.1, -0.05) is 11.8 Å². The van der Waals surface area contributed by atoms with Crippen molar-refractivity contribution in [3.8, 4) is 0 Å². The van der Waals surface area contributed by atoms with E-state index in [0.29, 0.717) is 11.7 Å². The molecule has 0 aliphatic carbocycles. The van der Waals surface area contributed by atoms with Crippen LogP contribution >= 0.6 is 11.8 Å². The number of nitrogens with zero attached hydrogens (tertiary/aromatic N) is 5. The molecule has 0 atom stereocenters. The van der Waals surface area contributed by atoms with Crippen molar-refractivity contribution in [1.82, 2.24) is 24.7 Å². The number of hydrogen-bond acceptors (Lipinski definition) is 6. The summed E-state index contributed by atoms with van der Waals surface area (Å²) >= 11 is 1.51. The van der Waals surface area contributed by atoms with E-state index in [1.165, 1.54) is 11.8 Å². The Bertz CT molecular complexity index is 440. The Balaban J connectivity index is 2.02. The Labute approximate surface area is 90.9 Å². The van der Waals surface area contributed by atoms with E-state index in [-0.39, 0.29) is 0 Å². The summed E-state index contributed by atoms with van der Waals surface area (Å²) in [6.45, 7) is 0. The molecule has 2 aromatic heterocycles. The Morgan fingerprint density at radius 1 is 1.33 bits per heavy atom. The van der Waals surface area contributed by atoms with Crippen molar-refractivity contribution < 1.29 is 0 Å². The second-order valence-corrected chi connectivity index (χ2v) is 3.80. The molecular formula is C8H10N6S. The normalized spacial score (nSPS) is 10.5. The van der Waals surface area contributed by atoms with Crippen LogP contribution in [0.1, 0.15) is 5.82 Å². The molecule has 78 valence electrons. The molecule has 2 heterocycles. The topological polar surface area (TPSA) is 82.5 Å². The number of nitrogens with two attached hydrogens (primary N) is 1. The van der Waals surface area contributed by atoms with Crippen LogP contribution in [0.3, 0.4) is 0 Å². The van der Waals surface area contributed by atoms with Crippen LogP contribution in [-0.4, -0.2) is 24.7 Å². The van der Waals surface area contributed by atoms with Crippen LogP contribution in [0, 0.1) is 0 Å². The average Bonchev–Trinajstić information content (AvgIpc) is 2.59. The van der Waals surface area contributed by atoms with Gasteiger partial charge in [0.15, 0.2) is 5.16 Å². The number of rotatable bonds is 3. The molecule has 2 N–H and O–H groups in total. The fourth-order valence-corrected chi connectivity index (χ4v) is 1.78. The number of nitrogen functional groups attached to an aromatic ring is 1. The van der Waals surface area contributed by atoms with Gasteiger partial charge in [0.05, 0.1) is 5.75 Å². The number of hydrogen-bond donors (Lipinski definition) is 1. The minimum atomic E-state index is 0.409. The minimum absolute atomic E-state index is 0.409. The molecule has 0 radical (unpaired) electrons. The molecule has 15 heavy (non-hydrogen) atoms. The lowest BCUT2D eigenvalue weighted by atomic mass is 10.6. The lowest BCUT2D eigenvalue weighted by molar-refractivity contribution is 0.795. The van der Waals surface area contributed by atoms with E-state index in [1.807, 2.05) is 7.05 Å². The smallest absolute Gasteiger partial charge is 0.222 e. The van der Waals surface area contributed by atoms with E-state index in [1.54, 1.807) is 23.0 Å². The highest BCUT2D eigenvalue weighted by Gasteiger charge is 2.06. The first kappa shape index (κ1) is 9.91. The predicted octanol–water partition coefficient (Wildman–Crippen LogP) is 0.480. The highest BCUT2D eigenvalue weighted by atomic mass is 32.2. The second kappa shape index (κ2) is 4.26. The van der Waals surface area contributed by atoms with Crippen molar-refractivity contribution in [3.63, 3.8) is 0 Å². The maximum Gasteiger partial charge on any atom is 0.222 e. The van der Waals surface area contributed by atoms with Crippen molar-refractivity contribution in [2.45, 2.75) is 10.9 Å². The van der Waals surface area contributed by atoms with Gasteiger partial charge in [-0.25, -0.2) is 9.97 Å². The zero-order valence-corrected chi connectivity index (χ0v) is 8.98. The predicted molar refractivity (Wildman–Crippen MR) is 57.0 cm³/mol. The van der Waals surface area contributed by atoms with E-state index in [9.17, 15) is 0 Å². The van der Waals surface area contributed by atoms with Crippen LogP contribution in [0.25, 0.3) is 0 Å². The van der Waals surface area contributed by atoms with Gasteiger partial charge >= 0.3 is 0 Å². The highest BCUT2D eigenvalue weighted by molar-refractivity contribution is 7.98. The maximum absolute atomic E-state index is 5.55. The van der Waals surface area contributed by atoms with Gasteiger partial charge < -0.3 is 5.73 Å².